The van der Waals surface area contributed by atoms with E-state index in [0.29, 0.717) is 23.8 Å². The van der Waals surface area contributed by atoms with Gasteiger partial charge in [-0.15, -0.1) is 0 Å². The molecule has 19 heavy (non-hydrogen) atoms. The minimum Gasteiger partial charge on any atom is -0.352 e. The fourth-order valence-electron chi connectivity index (χ4n) is 1.64. The Hall–Kier alpha value is -2.24. The largest absolute Gasteiger partial charge is 0.352 e. The van der Waals surface area contributed by atoms with Crippen molar-refractivity contribution in [1.29, 1.82) is 0 Å². The number of rotatable bonds is 5. The summed E-state index contributed by atoms with van der Waals surface area (Å²) in [5.74, 6) is 0.908. The van der Waals surface area contributed by atoms with E-state index < -0.39 is 0 Å². The smallest absolute Gasteiger partial charge is 0.255 e. The summed E-state index contributed by atoms with van der Waals surface area (Å²) in [4.78, 5) is 20.2. The van der Waals surface area contributed by atoms with Crippen molar-refractivity contribution in [1.82, 2.24) is 25.1 Å². The zero-order valence-corrected chi connectivity index (χ0v) is 11.1. The second-order valence-electron chi connectivity index (χ2n) is 4.65. The molecule has 0 aliphatic rings. The molecule has 6 heteroatoms. The minimum absolute atomic E-state index is 0.140. The maximum atomic E-state index is 12.1. The fourth-order valence-corrected chi connectivity index (χ4v) is 1.64. The molecule has 0 aliphatic carbocycles. The summed E-state index contributed by atoms with van der Waals surface area (Å²) >= 11 is 0. The van der Waals surface area contributed by atoms with Gasteiger partial charge in [-0.05, 0) is 24.5 Å². The van der Waals surface area contributed by atoms with Gasteiger partial charge in [0.15, 0.2) is 5.82 Å². The molecule has 1 amide bonds. The van der Waals surface area contributed by atoms with Crippen molar-refractivity contribution in [3.05, 3.63) is 36.5 Å². The molecule has 2 aromatic heterocycles. The Bertz CT molecular complexity index is 536. The third-order valence-electron chi connectivity index (χ3n) is 2.67. The van der Waals surface area contributed by atoms with Crippen molar-refractivity contribution < 1.29 is 4.79 Å². The van der Waals surface area contributed by atoms with Crippen LogP contribution < -0.4 is 5.32 Å². The van der Waals surface area contributed by atoms with Crippen molar-refractivity contribution >= 4 is 5.91 Å². The molecule has 2 heterocycles. The number of nitrogens with zero attached hydrogens (tertiary/aromatic N) is 4. The molecule has 0 saturated heterocycles. The Morgan fingerprint density at radius 1 is 1.47 bits per heavy atom. The van der Waals surface area contributed by atoms with E-state index in [1.807, 2.05) is 0 Å². The summed E-state index contributed by atoms with van der Waals surface area (Å²) in [6, 6.07) is 3.46. The first-order chi connectivity index (χ1) is 9.18. The molecule has 6 nitrogen and oxygen atoms in total. The van der Waals surface area contributed by atoms with Gasteiger partial charge in [-0.3, -0.25) is 4.79 Å². The van der Waals surface area contributed by atoms with Crippen LogP contribution in [0.1, 0.15) is 30.6 Å². The van der Waals surface area contributed by atoms with E-state index in [1.165, 1.54) is 17.3 Å². The van der Waals surface area contributed by atoms with Gasteiger partial charge in [-0.1, -0.05) is 13.8 Å². The lowest BCUT2D eigenvalue weighted by Crippen LogP contribution is -2.26. The molecule has 100 valence electrons. The van der Waals surface area contributed by atoms with E-state index in [4.69, 9.17) is 0 Å². The van der Waals surface area contributed by atoms with Crippen LogP contribution in [-0.4, -0.2) is 32.2 Å². The third-order valence-corrected chi connectivity index (χ3v) is 2.67. The first kappa shape index (κ1) is 13.2. The molecule has 0 bridgehead atoms. The number of aromatic nitrogens is 4. The zero-order valence-electron chi connectivity index (χ0n) is 11.1. The highest BCUT2D eigenvalue weighted by atomic mass is 16.1. The second kappa shape index (κ2) is 6.08. The molecule has 0 spiro atoms. The van der Waals surface area contributed by atoms with Gasteiger partial charge in [0.05, 0.1) is 5.56 Å². The quantitative estimate of drug-likeness (QED) is 0.881. The van der Waals surface area contributed by atoms with Gasteiger partial charge >= 0.3 is 0 Å². The molecule has 2 aromatic rings. The Balaban J connectivity index is 2.14. The highest BCUT2D eigenvalue weighted by molar-refractivity contribution is 5.96. The lowest BCUT2D eigenvalue weighted by Gasteiger charge is -2.09. The molecule has 0 saturated carbocycles. The summed E-state index contributed by atoms with van der Waals surface area (Å²) in [5.41, 5.74) is 0.497. The zero-order chi connectivity index (χ0) is 13.7. The number of carbonyl (C=O) groups is 1. The number of hydrogen-bond donors (Lipinski definition) is 1. The predicted octanol–water partition coefficient (Wildman–Crippen LogP) is 1.44. The summed E-state index contributed by atoms with van der Waals surface area (Å²) in [6.07, 6.45) is 5.51. The molecular weight excluding hydrogens is 242 g/mol. The van der Waals surface area contributed by atoms with Crippen LogP contribution in [0, 0.1) is 5.92 Å². The maximum absolute atomic E-state index is 12.1. The molecule has 1 N–H and O–H groups in total. The van der Waals surface area contributed by atoms with Crippen LogP contribution in [0.2, 0.25) is 0 Å². The second-order valence-corrected chi connectivity index (χ2v) is 4.65. The van der Waals surface area contributed by atoms with Crippen molar-refractivity contribution in [3.8, 4) is 5.82 Å². The third kappa shape index (κ3) is 3.37. The van der Waals surface area contributed by atoms with E-state index in [1.54, 1.807) is 18.3 Å². The van der Waals surface area contributed by atoms with Gasteiger partial charge < -0.3 is 5.32 Å². The van der Waals surface area contributed by atoms with Crippen LogP contribution in [0.3, 0.4) is 0 Å². The van der Waals surface area contributed by atoms with Crippen LogP contribution in [0.15, 0.2) is 31.0 Å². The number of amides is 1. The lowest BCUT2D eigenvalue weighted by molar-refractivity contribution is 0.0951. The maximum Gasteiger partial charge on any atom is 0.255 e. The number of hydrogen-bond acceptors (Lipinski definition) is 4. The predicted molar refractivity (Wildman–Crippen MR) is 70.9 cm³/mol. The Morgan fingerprint density at radius 2 is 2.32 bits per heavy atom. The average Bonchev–Trinajstić information content (AvgIpc) is 2.92. The monoisotopic (exact) mass is 259 g/mol. The van der Waals surface area contributed by atoms with Gasteiger partial charge in [-0.2, -0.15) is 5.10 Å². The van der Waals surface area contributed by atoms with Crippen molar-refractivity contribution in [2.45, 2.75) is 20.3 Å². The van der Waals surface area contributed by atoms with Crippen molar-refractivity contribution in [2.75, 3.05) is 6.54 Å². The SMILES string of the molecule is CC(C)CCNC(=O)c1cccnc1-n1cncn1. The molecular formula is C13H17N5O. The van der Waals surface area contributed by atoms with Crippen LogP contribution in [-0.2, 0) is 0 Å². The Morgan fingerprint density at radius 3 is 3.00 bits per heavy atom. The molecule has 0 atom stereocenters. The van der Waals surface area contributed by atoms with Crippen LogP contribution in [0.4, 0.5) is 0 Å². The Labute approximate surface area is 111 Å². The molecule has 0 fully saturated rings. The van der Waals surface area contributed by atoms with Gasteiger partial charge in [0.2, 0.25) is 0 Å². The highest BCUT2D eigenvalue weighted by Gasteiger charge is 2.13. The summed E-state index contributed by atoms with van der Waals surface area (Å²) in [6.45, 7) is 4.90. The normalized spacial score (nSPS) is 10.7. The van der Waals surface area contributed by atoms with Gasteiger partial charge in [0.1, 0.15) is 12.7 Å². The van der Waals surface area contributed by atoms with Crippen molar-refractivity contribution in [2.24, 2.45) is 5.92 Å². The first-order valence-electron chi connectivity index (χ1n) is 6.26. The average molecular weight is 259 g/mol. The number of carbonyl (C=O) groups excluding carboxylic acids is 1. The molecule has 0 radical (unpaired) electrons. The highest BCUT2D eigenvalue weighted by Crippen LogP contribution is 2.09. The van der Waals surface area contributed by atoms with Crippen molar-refractivity contribution in [3.63, 3.8) is 0 Å². The number of nitrogens with one attached hydrogen (secondary N) is 1. The molecule has 2 rings (SSSR count). The van der Waals surface area contributed by atoms with E-state index in [2.05, 4.69) is 34.2 Å². The standard InChI is InChI=1S/C13H17N5O/c1-10(2)5-7-16-13(19)11-4-3-6-15-12(11)18-9-14-8-17-18/h3-4,6,8-10H,5,7H2,1-2H3,(H,16,19). The van der Waals surface area contributed by atoms with Crippen LogP contribution >= 0.6 is 0 Å². The van der Waals surface area contributed by atoms with E-state index >= 15 is 0 Å². The van der Waals surface area contributed by atoms with Crippen LogP contribution in [0.5, 0.6) is 0 Å². The Kier molecular flexibility index (Phi) is 4.22. The summed E-state index contributed by atoms with van der Waals surface area (Å²) in [5, 5.41) is 6.89. The summed E-state index contributed by atoms with van der Waals surface area (Å²) in [7, 11) is 0. The van der Waals surface area contributed by atoms with E-state index in [-0.39, 0.29) is 5.91 Å². The summed E-state index contributed by atoms with van der Waals surface area (Å²) < 4.78 is 1.48. The lowest BCUT2D eigenvalue weighted by atomic mass is 10.1. The van der Waals surface area contributed by atoms with Crippen LogP contribution in [0.25, 0.3) is 5.82 Å². The number of pyridine rings is 1. The molecule has 0 unspecified atom stereocenters. The topological polar surface area (TPSA) is 72.7 Å². The fraction of sp³-hybridized carbons (Fsp3) is 0.385. The van der Waals surface area contributed by atoms with Gasteiger partial charge in [-0.25, -0.2) is 14.6 Å². The van der Waals surface area contributed by atoms with Gasteiger partial charge in [0.25, 0.3) is 5.91 Å². The molecule has 0 aromatic carbocycles. The minimum atomic E-state index is -0.140. The van der Waals surface area contributed by atoms with E-state index in [0.717, 1.165) is 6.42 Å². The van der Waals surface area contributed by atoms with E-state index in [9.17, 15) is 4.79 Å². The van der Waals surface area contributed by atoms with Gasteiger partial charge in [0, 0.05) is 12.7 Å². The first-order valence-corrected chi connectivity index (χ1v) is 6.26. The molecule has 0 aliphatic heterocycles.